The van der Waals surface area contributed by atoms with E-state index in [-0.39, 0.29) is 12.1 Å². The Hall–Kier alpha value is -1.06. The van der Waals surface area contributed by atoms with Crippen LogP contribution in [-0.2, 0) is 14.3 Å². The van der Waals surface area contributed by atoms with Gasteiger partial charge in [-0.1, -0.05) is 0 Å². The number of hydrogen-bond donors (Lipinski definition) is 0. The zero-order chi connectivity index (χ0) is 6.97. The number of hydrogen-bond acceptors (Lipinski definition) is 4. The minimum atomic E-state index is -0.171. The Morgan fingerprint density at radius 2 is 2.40 bits per heavy atom. The molecule has 0 aliphatic carbocycles. The Morgan fingerprint density at radius 3 is 2.90 bits per heavy atom. The van der Waals surface area contributed by atoms with Crippen LogP contribution in [0.25, 0.3) is 0 Å². The maximum Gasteiger partial charge on any atom is 0.310 e. The SMILES string of the molecule is O=C1CC(C2=NCCO2)O1. The Kier molecular flexibility index (Phi) is 1.12. The molecule has 10 heavy (non-hydrogen) atoms. The van der Waals surface area contributed by atoms with E-state index in [0.717, 1.165) is 0 Å². The minimum Gasteiger partial charge on any atom is -0.476 e. The van der Waals surface area contributed by atoms with Gasteiger partial charge in [-0.15, -0.1) is 0 Å². The van der Waals surface area contributed by atoms with E-state index in [2.05, 4.69) is 4.99 Å². The predicted octanol–water partition coefficient (Wildman–Crippen LogP) is -0.269. The van der Waals surface area contributed by atoms with Crippen molar-refractivity contribution in [2.75, 3.05) is 13.2 Å². The van der Waals surface area contributed by atoms with E-state index < -0.39 is 0 Å². The molecule has 2 aliphatic heterocycles. The summed E-state index contributed by atoms with van der Waals surface area (Å²) in [6.07, 6.45) is 0.258. The quantitative estimate of drug-likeness (QED) is 0.472. The zero-order valence-corrected chi connectivity index (χ0v) is 5.37. The third-order valence-electron chi connectivity index (χ3n) is 1.51. The van der Waals surface area contributed by atoms with Gasteiger partial charge in [0.05, 0.1) is 13.0 Å². The monoisotopic (exact) mass is 141 g/mol. The fourth-order valence-corrected chi connectivity index (χ4v) is 0.985. The van der Waals surface area contributed by atoms with Crippen LogP contribution in [0.15, 0.2) is 4.99 Å². The first-order chi connectivity index (χ1) is 4.86. The number of aliphatic imine (C=N–C) groups is 1. The van der Waals surface area contributed by atoms with Crippen molar-refractivity contribution in [2.45, 2.75) is 12.5 Å². The molecule has 0 aromatic heterocycles. The second kappa shape index (κ2) is 1.97. The van der Waals surface area contributed by atoms with E-state index in [4.69, 9.17) is 9.47 Å². The van der Waals surface area contributed by atoms with Crippen LogP contribution in [0, 0.1) is 0 Å². The number of ether oxygens (including phenoxy) is 2. The second-order valence-electron chi connectivity index (χ2n) is 2.25. The van der Waals surface area contributed by atoms with E-state index in [0.29, 0.717) is 25.5 Å². The topological polar surface area (TPSA) is 47.9 Å². The normalized spacial score (nSPS) is 30.2. The Bertz CT molecular complexity index is 191. The lowest BCUT2D eigenvalue weighted by Gasteiger charge is -2.24. The number of carbonyl (C=O) groups excluding carboxylic acids is 1. The summed E-state index contributed by atoms with van der Waals surface area (Å²) in [4.78, 5) is 14.3. The van der Waals surface area contributed by atoms with Crippen LogP contribution in [0.3, 0.4) is 0 Å². The summed E-state index contributed by atoms with van der Waals surface area (Å²) < 4.78 is 9.81. The summed E-state index contributed by atoms with van der Waals surface area (Å²) in [5.74, 6) is 0.433. The molecule has 0 spiro atoms. The summed E-state index contributed by atoms with van der Waals surface area (Å²) in [7, 11) is 0. The zero-order valence-electron chi connectivity index (χ0n) is 5.37. The first kappa shape index (κ1) is 5.70. The van der Waals surface area contributed by atoms with Gasteiger partial charge in [-0.05, 0) is 0 Å². The lowest BCUT2D eigenvalue weighted by atomic mass is 10.2. The molecule has 1 atom stereocenters. The Balaban J connectivity index is 1.95. The minimum absolute atomic E-state index is 0.164. The number of rotatable bonds is 1. The van der Waals surface area contributed by atoms with Crippen LogP contribution in [0.5, 0.6) is 0 Å². The highest BCUT2D eigenvalue weighted by Gasteiger charge is 2.35. The summed E-state index contributed by atoms with van der Waals surface area (Å²) in [5, 5.41) is 0. The fraction of sp³-hybridized carbons (Fsp3) is 0.667. The van der Waals surface area contributed by atoms with Gasteiger partial charge in [-0.2, -0.15) is 0 Å². The average molecular weight is 141 g/mol. The van der Waals surface area contributed by atoms with Gasteiger partial charge in [0, 0.05) is 0 Å². The summed E-state index contributed by atoms with van der Waals surface area (Å²) in [6, 6.07) is 0. The van der Waals surface area contributed by atoms with Gasteiger partial charge in [-0.3, -0.25) is 4.79 Å². The number of cyclic esters (lactones) is 1. The van der Waals surface area contributed by atoms with E-state index in [1.807, 2.05) is 0 Å². The van der Waals surface area contributed by atoms with Crippen LogP contribution in [0.1, 0.15) is 6.42 Å². The van der Waals surface area contributed by atoms with Crippen LogP contribution in [0.4, 0.5) is 0 Å². The van der Waals surface area contributed by atoms with Crippen LogP contribution < -0.4 is 0 Å². The average Bonchev–Trinajstić information content (AvgIpc) is 2.31. The van der Waals surface area contributed by atoms with Gasteiger partial charge in [-0.25, -0.2) is 4.99 Å². The number of esters is 1. The fourth-order valence-electron chi connectivity index (χ4n) is 0.985. The van der Waals surface area contributed by atoms with Crippen molar-refractivity contribution in [3.63, 3.8) is 0 Å². The van der Waals surface area contributed by atoms with Gasteiger partial charge < -0.3 is 9.47 Å². The summed E-state index contributed by atoms with van der Waals surface area (Å²) in [5.41, 5.74) is 0. The summed E-state index contributed by atoms with van der Waals surface area (Å²) in [6.45, 7) is 1.33. The molecular weight excluding hydrogens is 134 g/mol. The van der Waals surface area contributed by atoms with Crippen LogP contribution in [0.2, 0.25) is 0 Å². The van der Waals surface area contributed by atoms with E-state index in [9.17, 15) is 4.79 Å². The highest BCUT2D eigenvalue weighted by atomic mass is 16.6. The lowest BCUT2D eigenvalue weighted by Crippen LogP contribution is -2.39. The van der Waals surface area contributed by atoms with Gasteiger partial charge in [0.25, 0.3) is 0 Å². The maximum atomic E-state index is 10.3. The molecule has 0 N–H and O–H groups in total. The van der Waals surface area contributed by atoms with E-state index in [1.165, 1.54) is 0 Å². The smallest absolute Gasteiger partial charge is 0.310 e. The first-order valence-electron chi connectivity index (χ1n) is 3.23. The second-order valence-corrected chi connectivity index (χ2v) is 2.25. The number of nitrogens with zero attached hydrogens (tertiary/aromatic N) is 1. The van der Waals surface area contributed by atoms with Crippen molar-refractivity contribution in [3.8, 4) is 0 Å². The highest BCUT2D eigenvalue weighted by molar-refractivity contribution is 5.92. The molecule has 4 nitrogen and oxygen atoms in total. The molecule has 2 rings (SSSR count). The van der Waals surface area contributed by atoms with Crippen LogP contribution >= 0.6 is 0 Å². The van der Waals surface area contributed by atoms with E-state index in [1.54, 1.807) is 0 Å². The van der Waals surface area contributed by atoms with Gasteiger partial charge in [0.1, 0.15) is 6.61 Å². The molecule has 54 valence electrons. The summed E-state index contributed by atoms with van der Waals surface area (Å²) >= 11 is 0. The van der Waals surface area contributed by atoms with Gasteiger partial charge in [0.15, 0.2) is 6.10 Å². The standard InChI is InChI=1S/C6H7NO3/c8-5-3-4(10-5)6-7-1-2-9-6/h4H,1-3H2. The molecule has 4 heteroatoms. The molecule has 1 saturated heterocycles. The molecule has 0 radical (unpaired) electrons. The molecule has 0 aromatic carbocycles. The van der Waals surface area contributed by atoms with Gasteiger partial charge in [0.2, 0.25) is 5.90 Å². The van der Waals surface area contributed by atoms with Crippen molar-refractivity contribution in [3.05, 3.63) is 0 Å². The third kappa shape index (κ3) is 0.761. The van der Waals surface area contributed by atoms with Crippen molar-refractivity contribution in [2.24, 2.45) is 4.99 Å². The molecule has 1 unspecified atom stereocenters. The van der Waals surface area contributed by atoms with Crippen molar-refractivity contribution in [1.82, 2.24) is 0 Å². The largest absolute Gasteiger partial charge is 0.476 e. The molecule has 0 aromatic rings. The Morgan fingerprint density at radius 1 is 1.60 bits per heavy atom. The van der Waals surface area contributed by atoms with Crippen molar-refractivity contribution >= 4 is 11.9 Å². The third-order valence-corrected chi connectivity index (χ3v) is 1.51. The van der Waals surface area contributed by atoms with Gasteiger partial charge >= 0.3 is 5.97 Å². The van der Waals surface area contributed by atoms with E-state index >= 15 is 0 Å². The number of carbonyl (C=O) groups is 1. The molecule has 0 saturated carbocycles. The van der Waals surface area contributed by atoms with Crippen LogP contribution in [-0.4, -0.2) is 31.1 Å². The maximum absolute atomic E-state index is 10.3. The highest BCUT2D eigenvalue weighted by Crippen LogP contribution is 2.17. The predicted molar refractivity (Wildman–Crippen MR) is 32.8 cm³/mol. The van der Waals surface area contributed by atoms with Crippen molar-refractivity contribution in [1.29, 1.82) is 0 Å². The Labute approximate surface area is 57.8 Å². The molecular formula is C6H7NO3. The molecule has 2 aliphatic rings. The molecule has 0 bridgehead atoms. The molecule has 1 fully saturated rings. The molecule has 0 amide bonds. The first-order valence-corrected chi connectivity index (χ1v) is 3.23. The lowest BCUT2D eigenvalue weighted by molar-refractivity contribution is -0.163. The van der Waals surface area contributed by atoms with Crippen molar-refractivity contribution < 1.29 is 14.3 Å². The molecule has 2 heterocycles.